The van der Waals surface area contributed by atoms with Gasteiger partial charge in [0.2, 0.25) is 0 Å². The molecule has 1 aromatic rings. The zero-order valence-corrected chi connectivity index (χ0v) is 13.2. The summed E-state index contributed by atoms with van der Waals surface area (Å²) in [5.74, 6) is -0.168. The van der Waals surface area contributed by atoms with E-state index in [1.807, 2.05) is 0 Å². The van der Waals surface area contributed by atoms with Crippen molar-refractivity contribution < 1.29 is 18.8 Å². The van der Waals surface area contributed by atoms with E-state index in [0.29, 0.717) is 23.3 Å². The number of carbonyl (C=O) groups is 1. The molecule has 20 heavy (non-hydrogen) atoms. The molecule has 1 saturated heterocycles. The molecular weight excluding hydrogens is 329 g/mol. The minimum atomic E-state index is -0.530. The van der Waals surface area contributed by atoms with Gasteiger partial charge in [0.15, 0.2) is 0 Å². The van der Waals surface area contributed by atoms with Gasteiger partial charge in [-0.15, -0.1) is 5.06 Å². The number of hydrogen-bond acceptors (Lipinski definition) is 4. The molecule has 0 bridgehead atoms. The maximum absolute atomic E-state index is 13.1. The van der Waals surface area contributed by atoms with Crippen molar-refractivity contribution in [1.29, 1.82) is 0 Å². The van der Waals surface area contributed by atoms with Gasteiger partial charge in [0.1, 0.15) is 17.7 Å². The van der Waals surface area contributed by atoms with Crippen molar-refractivity contribution in [2.75, 3.05) is 13.1 Å². The second-order valence-electron chi connectivity index (χ2n) is 5.79. The smallest absolute Gasteiger partial charge is 0.330 e. The average Bonchev–Trinajstić information content (AvgIpc) is 2.29. The summed E-state index contributed by atoms with van der Waals surface area (Å²) in [6, 6.07) is 4.28. The van der Waals surface area contributed by atoms with Gasteiger partial charge in [0.05, 0.1) is 23.0 Å². The number of nitrogens with zero attached hydrogens (tertiary/aromatic N) is 1. The Balaban J connectivity index is 1.82. The number of hydrogen-bond donors (Lipinski definition) is 0. The monoisotopic (exact) mass is 345 g/mol. The summed E-state index contributed by atoms with van der Waals surface area (Å²) in [4.78, 5) is 16.9. The molecule has 0 saturated carbocycles. The summed E-state index contributed by atoms with van der Waals surface area (Å²) in [7, 11) is 0. The lowest BCUT2D eigenvalue weighted by Gasteiger charge is -2.38. The molecular formula is C14H17BrFNO3. The highest BCUT2D eigenvalue weighted by Crippen LogP contribution is 2.28. The molecule has 1 fully saturated rings. The van der Waals surface area contributed by atoms with Crippen LogP contribution in [0.5, 0.6) is 5.75 Å². The first-order chi connectivity index (χ1) is 9.25. The fourth-order valence-corrected chi connectivity index (χ4v) is 1.89. The minimum Gasteiger partial charge on any atom is -0.486 e. The van der Waals surface area contributed by atoms with Gasteiger partial charge < -0.3 is 9.57 Å². The van der Waals surface area contributed by atoms with Crippen LogP contribution in [0.4, 0.5) is 4.39 Å². The Hall–Kier alpha value is -1.14. The first-order valence-electron chi connectivity index (χ1n) is 6.35. The van der Waals surface area contributed by atoms with E-state index in [1.54, 1.807) is 31.9 Å². The van der Waals surface area contributed by atoms with Crippen LogP contribution in [0.25, 0.3) is 0 Å². The molecule has 4 nitrogen and oxygen atoms in total. The molecule has 0 atom stereocenters. The third kappa shape index (κ3) is 3.70. The third-order valence-electron chi connectivity index (χ3n) is 2.83. The van der Waals surface area contributed by atoms with Gasteiger partial charge in [-0.1, -0.05) is 0 Å². The van der Waals surface area contributed by atoms with E-state index < -0.39 is 5.41 Å². The Morgan fingerprint density at radius 1 is 1.40 bits per heavy atom. The molecule has 0 N–H and O–H groups in total. The maximum Gasteiger partial charge on any atom is 0.330 e. The molecule has 0 aromatic heterocycles. The summed E-state index contributed by atoms with van der Waals surface area (Å²) in [5.41, 5.74) is -0.530. The van der Waals surface area contributed by atoms with Crippen LogP contribution >= 0.6 is 15.9 Å². The normalized spacial score (nSPS) is 16.6. The highest BCUT2D eigenvalue weighted by atomic mass is 79.9. The quantitative estimate of drug-likeness (QED) is 0.843. The van der Waals surface area contributed by atoms with Crippen molar-refractivity contribution in [3.8, 4) is 5.75 Å². The standard InChI is InChI=1S/C14H17BrFNO3/c1-14(2,3)13(18)20-17-7-10(8-17)19-12-6-9(16)4-5-11(12)15/h4-6,10H,7-8H2,1-3H3. The van der Waals surface area contributed by atoms with E-state index in [1.165, 1.54) is 12.1 Å². The Bertz CT molecular complexity index is 510. The lowest BCUT2D eigenvalue weighted by Crippen LogP contribution is -2.55. The van der Waals surface area contributed by atoms with E-state index >= 15 is 0 Å². The van der Waals surface area contributed by atoms with Crippen LogP contribution in [-0.4, -0.2) is 30.2 Å². The highest BCUT2D eigenvalue weighted by Gasteiger charge is 2.35. The molecule has 2 rings (SSSR count). The number of ether oxygens (including phenoxy) is 1. The third-order valence-corrected chi connectivity index (χ3v) is 3.48. The molecule has 0 amide bonds. The number of carbonyl (C=O) groups excluding carboxylic acids is 1. The lowest BCUT2D eigenvalue weighted by molar-refractivity contribution is -0.234. The topological polar surface area (TPSA) is 38.8 Å². The molecule has 110 valence electrons. The number of hydroxylamine groups is 2. The summed E-state index contributed by atoms with van der Waals surface area (Å²) >= 11 is 3.30. The fourth-order valence-electron chi connectivity index (χ4n) is 1.55. The summed E-state index contributed by atoms with van der Waals surface area (Å²) in [6.45, 7) is 6.35. The summed E-state index contributed by atoms with van der Waals surface area (Å²) in [6.07, 6.45) is -0.110. The molecule has 1 heterocycles. The summed E-state index contributed by atoms with van der Waals surface area (Å²) in [5, 5.41) is 1.55. The van der Waals surface area contributed by atoms with Crippen molar-refractivity contribution in [1.82, 2.24) is 5.06 Å². The Morgan fingerprint density at radius 2 is 2.05 bits per heavy atom. The highest BCUT2D eigenvalue weighted by molar-refractivity contribution is 9.10. The van der Waals surface area contributed by atoms with Crippen molar-refractivity contribution in [3.63, 3.8) is 0 Å². The number of benzene rings is 1. The average molecular weight is 346 g/mol. The van der Waals surface area contributed by atoms with Gasteiger partial charge in [-0.3, -0.25) is 0 Å². The van der Waals surface area contributed by atoms with E-state index in [4.69, 9.17) is 9.57 Å². The van der Waals surface area contributed by atoms with Crippen LogP contribution in [0.3, 0.4) is 0 Å². The van der Waals surface area contributed by atoms with E-state index in [9.17, 15) is 9.18 Å². The fraction of sp³-hybridized carbons (Fsp3) is 0.500. The first kappa shape index (κ1) is 15.3. The number of halogens is 2. The van der Waals surface area contributed by atoms with Crippen LogP contribution < -0.4 is 4.74 Å². The molecule has 0 unspecified atom stereocenters. The van der Waals surface area contributed by atoms with E-state index in [-0.39, 0.29) is 17.9 Å². The second kappa shape index (κ2) is 5.69. The molecule has 0 spiro atoms. The Labute approximate surface area is 125 Å². The van der Waals surface area contributed by atoms with Gasteiger partial charge in [-0.05, 0) is 48.8 Å². The number of rotatable bonds is 3. The molecule has 1 aliphatic rings. The Kier molecular flexibility index (Phi) is 4.34. The van der Waals surface area contributed by atoms with Crippen LogP contribution in [0.15, 0.2) is 22.7 Å². The van der Waals surface area contributed by atoms with Crippen LogP contribution in [-0.2, 0) is 9.63 Å². The SMILES string of the molecule is CC(C)(C)C(=O)ON1CC(Oc2cc(F)ccc2Br)C1. The van der Waals surface area contributed by atoms with Crippen molar-refractivity contribution in [3.05, 3.63) is 28.5 Å². The zero-order chi connectivity index (χ0) is 14.9. The lowest BCUT2D eigenvalue weighted by atomic mass is 9.98. The Morgan fingerprint density at radius 3 is 2.65 bits per heavy atom. The largest absolute Gasteiger partial charge is 0.486 e. The molecule has 1 aliphatic heterocycles. The molecule has 0 aliphatic carbocycles. The predicted molar refractivity (Wildman–Crippen MR) is 75.6 cm³/mol. The van der Waals surface area contributed by atoms with E-state index in [0.717, 1.165) is 0 Å². The van der Waals surface area contributed by atoms with Crippen molar-refractivity contribution >= 4 is 21.9 Å². The molecule has 0 radical (unpaired) electrons. The van der Waals surface area contributed by atoms with Gasteiger partial charge in [-0.25, -0.2) is 9.18 Å². The van der Waals surface area contributed by atoms with Gasteiger partial charge in [0.25, 0.3) is 0 Å². The first-order valence-corrected chi connectivity index (χ1v) is 7.14. The van der Waals surface area contributed by atoms with Crippen LogP contribution in [0.1, 0.15) is 20.8 Å². The summed E-state index contributed by atoms with van der Waals surface area (Å²) < 4.78 is 19.5. The van der Waals surface area contributed by atoms with Gasteiger partial charge >= 0.3 is 5.97 Å². The molecule has 6 heteroatoms. The van der Waals surface area contributed by atoms with Crippen molar-refractivity contribution in [2.24, 2.45) is 5.41 Å². The molecule has 1 aromatic carbocycles. The van der Waals surface area contributed by atoms with Gasteiger partial charge in [0, 0.05) is 6.07 Å². The van der Waals surface area contributed by atoms with Crippen LogP contribution in [0, 0.1) is 11.2 Å². The van der Waals surface area contributed by atoms with Gasteiger partial charge in [-0.2, -0.15) is 0 Å². The van der Waals surface area contributed by atoms with E-state index in [2.05, 4.69) is 15.9 Å². The second-order valence-corrected chi connectivity index (χ2v) is 6.64. The minimum absolute atomic E-state index is 0.110. The van der Waals surface area contributed by atoms with Crippen molar-refractivity contribution in [2.45, 2.75) is 26.9 Å². The zero-order valence-electron chi connectivity index (χ0n) is 11.7. The predicted octanol–water partition coefficient (Wildman–Crippen LogP) is 3.16. The maximum atomic E-state index is 13.1. The van der Waals surface area contributed by atoms with Crippen LogP contribution in [0.2, 0.25) is 0 Å².